The third kappa shape index (κ3) is 2.89. The first-order chi connectivity index (χ1) is 11.2. The molecule has 2 aliphatic rings. The van der Waals surface area contributed by atoms with Crippen LogP contribution in [0.4, 0.5) is 5.69 Å². The molecule has 0 aromatic heterocycles. The monoisotopic (exact) mass is 320 g/mol. The summed E-state index contributed by atoms with van der Waals surface area (Å²) < 4.78 is 15.7. The molecule has 0 aliphatic carbocycles. The summed E-state index contributed by atoms with van der Waals surface area (Å²) in [7, 11) is 3.06. The summed E-state index contributed by atoms with van der Waals surface area (Å²) in [6.07, 6.45) is 0.202. The van der Waals surface area contributed by atoms with Crippen molar-refractivity contribution in [3.05, 3.63) is 18.2 Å². The first-order valence-corrected chi connectivity index (χ1v) is 7.56. The van der Waals surface area contributed by atoms with Crippen LogP contribution in [0.5, 0.6) is 11.5 Å². The van der Waals surface area contributed by atoms with Gasteiger partial charge in [-0.2, -0.15) is 0 Å². The Bertz CT molecular complexity index is 612. The van der Waals surface area contributed by atoms with Crippen molar-refractivity contribution in [2.75, 3.05) is 45.4 Å². The number of carbonyl (C=O) groups excluding carboxylic acids is 2. The molecular formula is C16H20N2O5. The summed E-state index contributed by atoms with van der Waals surface area (Å²) in [6.45, 7) is 2.52. The second-order valence-electron chi connectivity index (χ2n) is 5.47. The number of methoxy groups -OCH3 is 2. The van der Waals surface area contributed by atoms with E-state index >= 15 is 0 Å². The van der Waals surface area contributed by atoms with Crippen molar-refractivity contribution >= 4 is 17.5 Å². The number of morpholine rings is 1. The number of amides is 2. The molecule has 23 heavy (non-hydrogen) atoms. The third-order valence-corrected chi connectivity index (χ3v) is 4.23. The number of hydrogen-bond acceptors (Lipinski definition) is 6. The van der Waals surface area contributed by atoms with Gasteiger partial charge in [-0.3, -0.25) is 14.5 Å². The number of hydrogen-bond donors (Lipinski definition) is 0. The van der Waals surface area contributed by atoms with Gasteiger partial charge in [-0.25, -0.2) is 4.90 Å². The highest BCUT2D eigenvalue weighted by molar-refractivity contribution is 6.22. The van der Waals surface area contributed by atoms with E-state index in [0.29, 0.717) is 43.5 Å². The molecule has 2 amide bonds. The summed E-state index contributed by atoms with van der Waals surface area (Å²) in [5.41, 5.74) is 0.508. The number of benzene rings is 1. The molecule has 7 heteroatoms. The molecule has 0 N–H and O–H groups in total. The standard InChI is InChI=1S/C16H20N2O5/c1-21-13-4-3-11(9-14(13)22-2)18-15(19)10-12(16(18)20)17-5-7-23-8-6-17/h3-4,9,12H,5-8,10H2,1-2H3/t12-/m0/s1. The van der Waals surface area contributed by atoms with Gasteiger partial charge in [0.25, 0.3) is 5.91 Å². The quantitative estimate of drug-likeness (QED) is 0.760. The van der Waals surface area contributed by atoms with Gasteiger partial charge < -0.3 is 14.2 Å². The van der Waals surface area contributed by atoms with E-state index in [-0.39, 0.29) is 18.2 Å². The van der Waals surface area contributed by atoms with Crippen LogP contribution in [0.2, 0.25) is 0 Å². The van der Waals surface area contributed by atoms with Crippen LogP contribution in [0.25, 0.3) is 0 Å². The Hall–Kier alpha value is -2.12. The fraction of sp³-hybridized carbons (Fsp3) is 0.500. The van der Waals surface area contributed by atoms with Crippen LogP contribution >= 0.6 is 0 Å². The lowest BCUT2D eigenvalue weighted by atomic mass is 10.2. The molecule has 0 spiro atoms. The molecule has 1 atom stereocenters. The average molecular weight is 320 g/mol. The summed E-state index contributed by atoms with van der Waals surface area (Å²) in [5, 5.41) is 0. The molecule has 7 nitrogen and oxygen atoms in total. The van der Waals surface area contributed by atoms with Gasteiger partial charge in [-0.05, 0) is 12.1 Å². The van der Waals surface area contributed by atoms with E-state index in [1.165, 1.54) is 19.1 Å². The predicted octanol–water partition coefficient (Wildman–Crippen LogP) is 0.668. The van der Waals surface area contributed by atoms with Crippen molar-refractivity contribution in [1.29, 1.82) is 0 Å². The van der Waals surface area contributed by atoms with Crippen LogP contribution < -0.4 is 14.4 Å². The highest BCUT2D eigenvalue weighted by atomic mass is 16.5. The second-order valence-corrected chi connectivity index (χ2v) is 5.47. The van der Waals surface area contributed by atoms with E-state index in [1.54, 1.807) is 18.2 Å². The van der Waals surface area contributed by atoms with Crippen LogP contribution in [0.1, 0.15) is 6.42 Å². The second kappa shape index (κ2) is 6.55. The molecule has 0 bridgehead atoms. The van der Waals surface area contributed by atoms with Gasteiger partial charge in [0.15, 0.2) is 11.5 Å². The van der Waals surface area contributed by atoms with Crippen molar-refractivity contribution < 1.29 is 23.8 Å². The minimum absolute atomic E-state index is 0.191. The zero-order valence-electron chi connectivity index (χ0n) is 13.3. The topological polar surface area (TPSA) is 68.3 Å². The number of carbonyl (C=O) groups is 2. The molecular weight excluding hydrogens is 300 g/mol. The number of nitrogens with zero attached hydrogens (tertiary/aromatic N) is 2. The van der Waals surface area contributed by atoms with Gasteiger partial charge in [-0.1, -0.05) is 0 Å². The number of imide groups is 1. The maximum atomic E-state index is 12.7. The number of anilines is 1. The maximum Gasteiger partial charge on any atom is 0.251 e. The molecule has 2 heterocycles. The van der Waals surface area contributed by atoms with Crippen molar-refractivity contribution in [3.8, 4) is 11.5 Å². The van der Waals surface area contributed by atoms with Crippen LogP contribution in [-0.4, -0.2) is 63.3 Å². The van der Waals surface area contributed by atoms with E-state index in [2.05, 4.69) is 0 Å². The summed E-state index contributed by atoms with van der Waals surface area (Å²) in [5.74, 6) is 0.656. The molecule has 0 saturated carbocycles. The lowest BCUT2D eigenvalue weighted by Crippen LogP contribution is -2.47. The van der Waals surface area contributed by atoms with E-state index in [9.17, 15) is 9.59 Å². The lowest BCUT2D eigenvalue weighted by Gasteiger charge is -2.30. The van der Waals surface area contributed by atoms with E-state index in [1.807, 2.05) is 4.90 Å². The maximum absolute atomic E-state index is 12.7. The van der Waals surface area contributed by atoms with Crippen molar-refractivity contribution in [2.45, 2.75) is 12.5 Å². The van der Waals surface area contributed by atoms with E-state index in [0.717, 1.165) is 0 Å². The predicted molar refractivity (Wildman–Crippen MR) is 82.8 cm³/mol. The summed E-state index contributed by atoms with van der Waals surface area (Å²) in [4.78, 5) is 28.3. The van der Waals surface area contributed by atoms with E-state index < -0.39 is 6.04 Å². The first kappa shape index (κ1) is 15.8. The highest BCUT2D eigenvalue weighted by Gasteiger charge is 2.43. The van der Waals surface area contributed by atoms with Crippen molar-refractivity contribution in [3.63, 3.8) is 0 Å². The third-order valence-electron chi connectivity index (χ3n) is 4.23. The van der Waals surface area contributed by atoms with E-state index in [4.69, 9.17) is 14.2 Å². The van der Waals surface area contributed by atoms with Crippen molar-refractivity contribution in [1.82, 2.24) is 4.90 Å². The van der Waals surface area contributed by atoms with Crippen LogP contribution in [-0.2, 0) is 14.3 Å². The zero-order chi connectivity index (χ0) is 16.4. The van der Waals surface area contributed by atoms with Gasteiger partial charge in [0.1, 0.15) is 0 Å². The Kier molecular flexibility index (Phi) is 4.49. The Morgan fingerprint density at radius 2 is 1.78 bits per heavy atom. The van der Waals surface area contributed by atoms with Crippen LogP contribution in [0.3, 0.4) is 0 Å². The molecule has 124 valence electrons. The first-order valence-electron chi connectivity index (χ1n) is 7.56. The normalized spacial score (nSPS) is 22.5. The number of ether oxygens (including phenoxy) is 3. The van der Waals surface area contributed by atoms with Gasteiger partial charge in [0.05, 0.1) is 45.6 Å². The summed E-state index contributed by atoms with van der Waals surface area (Å²) in [6, 6.07) is 4.63. The SMILES string of the molecule is COc1ccc(N2C(=O)C[C@H](N3CCOCC3)C2=O)cc1OC. The Morgan fingerprint density at radius 3 is 2.43 bits per heavy atom. The highest BCUT2D eigenvalue weighted by Crippen LogP contribution is 2.34. The Labute approximate surface area is 134 Å². The van der Waals surface area contributed by atoms with Gasteiger partial charge in [0.2, 0.25) is 5.91 Å². The Morgan fingerprint density at radius 1 is 1.09 bits per heavy atom. The fourth-order valence-electron chi connectivity index (χ4n) is 3.03. The molecule has 1 aromatic rings. The van der Waals surface area contributed by atoms with Crippen molar-refractivity contribution in [2.24, 2.45) is 0 Å². The lowest BCUT2D eigenvalue weighted by molar-refractivity contribution is -0.123. The minimum atomic E-state index is -0.403. The number of rotatable bonds is 4. The average Bonchev–Trinajstić information content (AvgIpc) is 2.89. The van der Waals surface area contributed by atoms with Gasteiger partial charge in [-0.15, -0.1) is 0 Å². The van der Waals surface area contributed by atoms with Gasteiger partial charge >= 0.3 is 0 Å². The molecule has 0 unspecified atom stereocenters. The zero-order valence-corrected chi connectivity index (χ0v) is 13.3. The molecule has 2 saturated heterocycles. The smallest absolute Gasteiger partial charge is 0.251 e. The minimum Gasteiger partial charge on any atom is -0.493 e. The summed E-state index contributed by atoms with van der Waals surface area (Å²) >= 11 is 0. The molecule has 2 aliphatic heterocycles. The van der Waals surface area contributed by atoms with Crippen LogP contribution in [0.15, 0.2) is 18.2 Å². The Balaban J connectivity index is 1.85. The molecule has 1 aromatic carbocycles. The molecule has 0 radical (unpaired) electrons. The molecule has 3 rings (SSSR count). The molecule has 2 fully saturated rings. The largest absolute Gasteiger partial charge is 0.493 e. The fourth-order valence-corrected chi connectivity index (χ4v) is 3.03. The van der Waals surface area contributed by atoms with Gasteiger partial charge in [0, 0.05) is 19.2 Å². The van der Waals surface area contributed by atoms with Crippen LogP contribution in [0, 0.1) is 0 Å².